The van der Waals surface area contributed by atoms with Crippen LogP contribution in [0.3, 0.4) is 0 Å². The molecule has 3 N–H and O–H groups in total. The highest BCUT2D eigenvalue weighted by Crippen LogP contribution is 2.31. The van der Waals surface area contributed by atoms with Crippen molar-refractivity contribution in [3.8, 4) is 0 Å². The predicted molar refractivity (Wildman–Crippen MR) is 78.4 cm³/mol. The third kappa shape index (κ3) is 2.49. The Bertz CT molecular complexity index is 577. The van der Waals surface area contributed by atoms with E-state index < -0.39 is 0 Å². The van der Waals surface area contributed by atoms with Crippen molar-refractivity contribution in [3.05, 3.63) is 52.8 Å². The molecule has 1 aliphatic rings. The van der Waals surface area contributed by atoms with Gasteiger partial charge in [-0.15, -0.1) is 0 Å². The summed E-state index contributed by atoms with van der Waals surface area (Å²) in [6.07, 6.45) is 3.97. The first-order valence-corrected chi connectivity index (χ1v) is 7.28. The second-order valence-electron chi connectivity index (χ2n) is 5.41. The van der Waals surface area contributed by atoms with Crippen LogP contribution in [0.15, 0.2) is 30.3 Å². The van der Waals surface area contributed by atoms with Gasteiger partial charge in [0, 0.05) is 23.7 Å². The Morgan fingerprint density at radius 3 is 2.85 bits per heavy atom. The second kappa shape index (κ2) is 5.77. The number of benzene rings is 1. The summed E-state index contributed by atoms with van der Waals surface area (Å²) in [5.74, 6) is 0. The van der Waals surface area contributed by atoms with Crippen molar-refractivity contribution in [2.45, 2.75) is 38.3 Å². The summed E-state index contributed by atoms with van der Waals surface area (Å²) in [6, 6.07) is 10.4. The van der Waals surface area contributed by atoms with Crippen molar-refractivity contribution in [2.24, 2.45) is 5.73 Å². The van der Waals surface area contributed by atoms with E-state index >= 15 is 0 Å². The number of rotatable bonds is 4. The zero-order valence-corrected chi connectivity index (χ0v) is 11.6. The molecule has 3 rings (SSSR count). The number of aliphatic hydroxyl groups excluding tert-OH is 1. The summed E-state index contributed by atoms with van der Waals surface area (Å²) in [7, 11) is 0. The second-order valence-corrected chi connectivity index (χ2v) is 5.41. The number of hydrogen-bond donors (Lipinski definition) is 2. The van der Waals surface area contributed by atoms with Gasteiger partial charge in [-0.2, -0.15) is 5.10 Å². The van der Waals surface area contributed by atoms with Gasteiger partial charge in [0.2, 0.25) is 0 Å². The van der Waals surface area contributed by atoms with Gasteiger partial charge >= 0.3 is 0 Å². The van der Waals surface area contributed by atoms with E-state index in [1.165, 1.54) is 16.8 Å². The number of aromatic nitrogens is 2. The number of hydrogen-bond acceptors (Lipinski definition) is 3. The van der Waals surface area contributed by atoms with Crippen LogP contribution in [0.1, 0.15) is 41.4 Å². The fourth-order valence-corrected chi connectivity index (χ4v) is 3.09. The quantitative estimate of drug-likeness (QED) is 0.891. The maximum Gasteiger partial charge on any atom is 0.0719 e. The summed E-state index contributed by atoms with van der Waals surface area (Å²) in [6.45, 7) is 0.679. The molecule has 1 unspecified atom stereocenters. The van der Waals surface area contributed by atoms with Gasteiger partial charge in [0.25, 0.3) is 0 Å². The van der Waals surface area contributed by atoms with Crippen LogP contribution < -0.4 is 5.73 Å². The van der Waals surface area contributed by atoms with Crippen molar-refractivity contribution in [1.29, 1.82) is 0 Å². The molecule has 1 aromatic heterocycles. The molecule has 20 heavy (non-hydrogen) atoms. The molecule has 2 aromatic rings. The lowest BCUT2D eigenvalue weighted by molar-refractivity contribution is 0.266. The minimum Gasteiger partial charge on any atom is -0.394 e. The maximum atomic E-state index is 9.19. The van der Waals surface area contributed by atoms with Crippen LogP contribution in [0.4, 0.5) is 0 Å². The summed E-state index contributed by atoms with van der Waals surface area (Å²) in [4.78, 5) is 0. The summed E-state index contributed by atoms with van der Waals surface area (Å²) < 4.78 is 1.95. The molecule has 1 aliphatic carbocycles. The van der Waals surface area contributed by atoms with Crippen molar-refractivity contribution in [3.63, 3.8) is 0 Å². The van der Waals surface area contributed by atoms with Crippen molar-refractivity contribution in [1.82, 2.24) is 9.78 Å². The smallest absolute Gasteiger partial charge is 0.0719 e. The SMILES string of the molecule is NC1CCCc2c1c(Cc1ccccc1)nn2CCO. The minimum absolute atomic E-state index is 0.0879. The van der Waals surface area contributed by atoms with Gasteiger partial charge in [-0.1, -0.05) is 30.3 Å². The van der Waals surface area contributed by atoms with E-state index in [2.05, 4.69) is 12.1 Å². The zero-order valence-electron chi connectivity index (χ0n) is 11.6. The first-order valence-electron chi connectivity index (χ1n) is 7.28. The van der Waals surface area contributed by atoms with Crippen molar-refractivity contribution in [2.75, 3.05) is 6.61 Å². The molecular formula is C16H21N3O. The number of nitrogens with zero attached hydrogens (tertiary/aromatic N) is 2. The van der Waals surface area contributed by atoms with Gasteiger partial charge < -0.3 is 10.8 Å². The van der Waals surface area contributed by atoms with E-state index in [1.807, 2.05) is 22.9 Å². The molecule has 4 nitrogen and oxygen atoms in total. The number of nitrogens with two attached hydrogens (primary N) is 1. The van der Waals surface area contributed by atoms with Crippen molar-refractivity contribution >= 4 is 0 Å². The van der Waals surface area contributed by atoms with Crippen LogP contribution >= 0.6 is 0 Å². The molecule has 0 bridgehead atoms. The van der Waals surface area contributed by atoms with Gasteiger partial charge in [0.1, 0.15) is 0 Å². The molecule has 0 amide bonds. The van der Waals surface area contributed by atoms with E-state index in [-0.39, 0.29) is 12.6 Å². The highest BCUT2D eigenvalue weighted by Gasteiger charge is 2.25. The fraction of sp³-hybridized carbons (Fsp3) is 0.438. The normalized spacial score (nSPS) is 18.0. The van der Waals surface area contributed by atoms with Crippen LogP contribution in [-0.4, -0.2) is 21.5 Å². The molecule has 1 atom stereocenters. The lowest BCUT2D eigenvalue weighted by Gasteiger charge is -2.20. The van der Waals surface area contributed by atoms with Crippen LogP contribution in [0.5, 0.6) is 0 Å². The molecule has 0 saturated carbocycles. The fourth-order valence-electron chi connectivity index (χ4n) is 3.09. The summed E-state index contributed by atoms with van der Waals surface area (Å²) >= 11 is 0. The molecule has 106 valence electrons. The number of aliphatic hydroxyl groups is 1. The van der Waals surface area contributed by atoms with Gasteiger partial charge in [0.05, 0.1) is 18.8 Å². The van der Waals surface area contributed by atoms with E-state index in [9.17, 15) is 5.11 Å². The monoisotopic (exact) mass is 271 g/mol. The molecule has 0 aliphatic heterocycles. The molecule has 0 spiro atoms. The largest absolute Gasteiger partial charge is 0.394 e. The molecule has 4 heteroatoms. The van der Waals surface area contributed by atoms with Crippen LogP contribution in [0.2, 0.25) is 0 Å². The van der Waals surface area contributed by atoms with Crippen LogP contribution in [0, 0.1) is 0 Å². The topological polar surface area (TPSA) is 64.1 Å². The van der Waals surface area contributed by atoms with Crippen LogP contribution in [0.25, 0.3) is 0 Å². The molecule has 0 saturated heterocycles. The third-order valence-corrected chi connectivity index (χ3v) is 4.00. The highest BCUT2D eigenvalue weighted by molar-refractivity contribution is 5.35. The van der Waals surface area contributed by atoms with E-state index in [4.69, 9.17) is 10.8 Å². The average molecular weight is 271 g/mol. The molecule has 1 heterocycles. The Kier molecular flexibility index (Phi) is 3.85. The summed E-state index contributed by atoms with van der Waals surface area (Å²) in [5.41, 5.74) is 11.1. The van der Waals surface area contributed by atoms with Gasteiger partial charge in [-0.05, 0) is 24.8 Å². The minimum atomic E-state index is 0.0879. The lowest BCUT2D eigenvalue weighted by atomic mass is 9.90. The Balaban J connectivity index is 1.97. The average Bonchev–Trinajstić information content (AvgIpc) is 2.80. The molecular weight excluding hydrogens is 250 g/mol. The van der Waals surface area contributed by atoms with Gasteiger partial charge in [-0.3, -0.25) is 4.68 Å². The maximum absolute atomic E-state index is 9.19. The Morgan fingerprint density at radius 1 is 1.30 bits per heavy atom. The van der Waals surface area contributed by atoms with E-state index in [1.54, 1.807) is 0 Å². The summed E-state index contributed by atoms with van der Waals surface area (Å²) in [5, 5.41) is 13.9. The predicted octanol–water partition coefficient (Wildman–Crippen LogP) is 1.80. The third-order valence-electron chi connectivity index (χ3n) is 4.00. The molecule has 0 radical (unpaired) electrons. The number of fused-ring (bicyclic) bond motifs is 1. The van der Waals surface area contributed by atoms with Crippen LogP contribution in [-0.2, 0) is 19.4 Å². The highest BCUT2D eigenvalue weighted by atomic mass is 16.3. The lowest BCUT2D eigenvalue weighted by Crippen LogP contribution is -2.19. The first-order chi connectivity index (χ1) is 9.79. The first kappa shape index (κ1) is 13.3. The Labute approximate surface area is 119 Å². The molecule has 1 aromatic carbocycles. The van der Waals surface area contributed by atoms with Gasteiger partial charge in [0.15, 0.2) is 0 Å². The van der Waals surface area contributed by atoms with E-state index in [0.29, 0.717) is 6.54 Å². The molecule has 0 fully saturated rings. The standard InChI is InChI=1S/C16H21N3O/c17-13-7-4-8-15-16(13)14(18-19(15)9-10-20)11-12-5-2-1-3-6-12/h1-3,5-6,13,20H,4,7-11,17H2. The zero-order chi connectivity index (χ0) is 13.9. The van der Waals surface area contributed by atoms with E-state index in [0.717, 1.165) is 31.4 Å². The van der Waals surface area contributed by atoms with Gasteiger partial charge in [-0.25, -0.2) is 0 Å². The van der Waals surface area contributed by atoms with Crippen molar-refractivity contribution < 1.29 is 5.11 Å². The Morgan fingerprint density at radius 2 is 2.10 bits per heavy atom. The Hall–Kier alpha value is -1.65.